The average molecular weight is 228 g/mol. The number of ether oxygens (including phenoxy) is 1. The first-order valence-corrected chi connectivity index (χ1v) is 5.55. The van der Waals surface area contributed by atoms with Crippen LogP contribution in [0.25, 0.3) is 0 Å². The molecule has 1 aromatic heterocycles. The molecule has 0 atom stereocenters. The van der Waals surface area contributed by atoms with Crippen LogP contribution in [0.3, 0.4) is 0 Å². The molecule has 0 amide bonds. The number of aryl methyl sites for hydroxylation is 2. The first-order chi connectivity index (χ1) is 8.15. The summed E-state index contributed by atoms with van der Waals surface area (Å²) in [5.41, 5.74) is 8.97. The van der Waals surface area contributed by atoms with E-state index in [1.54, 1.807) is 6.20 Å². The second kappa shape index (κ2) is 4.87. The van der Waals surface area contributed by atoms with E-state index >= 15 is 0 Å². The minimum Gasteiger partial charge on any atom is -0.489 e. The number of rotatable bonds is 3. The average Bonchev–Trinajstić information content (AvgIpc) is 2.30. The Balaban J connectivity index is 2.09. The SMILES string of the molecule is Cc1ccc(C)c(OCc2ccnc(N)c2)c1. The molecule has 1 aromatic carbocycles. The molecule has 2 N–H and O–H groups in total. The molecule has 3 heteroatoms. The number of benzene rings is 1. The largest absolute Gasteiger partial charge is 0.489 e. The topological polar surface area (TPSA) is 48.1 Å². The van der Waals surface area contributed by atoms with Gasteiger partial charge < -0.3 is 10.5 Å². The highest BCUT2D eigenvalue weighted by molar-refractivity contribution is 5.37. The van der Waals surface area contributed by atoms with Crippen LogP contribution in [0, 0.1) is 13.8 Å². The first kappa shape index (κ1) is 11.5. The molecule has 2 rings (SSSR count). The van der Waals surface area contributed by atoms with Crippen LogP contribution >= 0.6 is 0 Å². The number of anilines is 1. The molecule has 1 heterocycles. The van der Waals surface area contributed by atoms with E-state index in [4.69, 9.17) is 10.5 Å². The summed E-state index contributed by atoms with van der Waals surface area (Å²) < 4.78 is 5.78. The monoisotopic (exact) mass is 228 g/mol. The number of pyridine rings is 1. The molecule has 0 aliphatic carbocycles. The fourth-order valence-corrected chi connectivity index (χ4v) is 1.61. The lowest BCUT2D eigenvalue weighted by Crippen LogP contribution is -1.99. The maximum Gasteiger partial charge on any atom is 0.123 e. The zero-order chi connectivity index (χ0) is 12.3. The summed E-state index contributed by atoms with van der Waals surface area (Å²) in [6.07, 6.45) is 1.69. The van der Waals surface area contributed by atoms with Crippen molar-refractivity contribution in [2.45, 2.75) is 20.5 Å². The van der Waals surface area contributed by atoms with E-state index in [0.717, 1.165) is 16.9 Å². The molecule has 2 aromatic rings. The lowest BCUT2D eigenvalue weighted by Gasteiger charge is -2.10. The van der Waals surface area contributed by atoms with Gasteiger partial charge in [0.25, 0.3) is 0 Å². The van der Waals surface area contributed by atoms with Gasteiger partial charge in [-0.15, -0.1) is 0 Å². The molecule has 0 radical (unpaired) electrons. The number of hydrogen-bond donors (Lipinski definition) is 1. The summed E-state index contributed by atoms with van der Waals surface area (Å²) in [7, 11) is 0. The Bertz CT molecular complexity index is 523. The van der Waals surface area contributed by atoms with Crippen LogP contribution in [0.15, 0.2) is 36.5 Å². The van der Waals surface area contributed by atoms with Crippen LogP contribution in [0.5, 0.6) is 5.75 Å². The van der Waals surface area contributed by atoms with Gasteiger partial charge in [-0.3, -0.25) is 0 Å². The summed E-state index contributed by atoms with van der Waals surface area (Å²) in [6, 6.07) is 9.91. The highest BCUT2D eigenvalue weighted by Crippen LogP contribution is 2.20. The van der Waals surface area contributed by atoms with Crippen LogP contribution in [0.2, 0.25) is 0 Å². The molecule has 3 nitrogen and oxygen atoms in total. The minimum absolute atomic E-state index is 0.511. The number of nitrogens with zero attached hydrogens (tertiary/aromatic N) is 1. The molecule has 0 unspecified atom stereocenters. The van der Waals surface area contributed by atoms with Gasteiger partial charge in [0.15, 0.2) is 0 Å². The maximum absolute atomic E-state index is 5.78. The third-order valence-corrected chi connectivity index (χ3v) is 2.58. The summed E-state index contributed by atoms with van der Waals surface area (Å²) in [5.74, 6) is 1.44. The zero-order valence-electron chi connectivity index (χ0n) is 10.1. The maximum atomic E-state index is 5.78. The number of aromatic nitrogens is 1. The van der Waals surface area contributed by atoms with Crippen molar-refractivity contribution in [2.75, 3.05) is 5.73 Å². The van der Waals surface area contributed by atoms with Crippen molar-refractivity contribution in [3.63, 3.8) is 0 Å². The predicted molar refractivity (Wildman–Crippen MR) is 68.9 cm³/mol. The van der Waals surface area contributed by atoms with Gasteiger partial charge in [0.2, 0.25) is 0 Å². The number of nitrogens with two attached hydrogens (primary N) is 1. The molecule has 0 aliphatic heterocycles. The minimum atomic E-state index is 0.511. The summed E-state index contributed by atoms with van der Waals surface area (Å²) in [4.78, 5) is 3.95. The number of nitrogen functional groups attached to an aromatic ring is 1. The van der Waals surface area contributed by atoms with Crippen molar-refractivity contribution in [1.82, 2.24) is 4.98 Å². The van der Waals surface area contributed by atoms with Crippen LogP contribution in [-0.2, 0) is 6.61 Å². The standard InChI is InChI=1S/C14H16N2O/c1-10-3-4-11(2)13(7-10)17-9-12-5-6-16-14(15)8-12/h3-8H,9H2,1-2H3,(H2,15,16). The van der Waals surface area contributed by atoms with Crippen molar-refractivity contribution < 1.29 is 4.74 Å². The molecule has 0 spiro atoms. The van der Waals surface area contributed by atoms with Crippen LogP contribution in [-0.4, -0.2) is 4.98 Å². The van der Waals surface area contributed by atoms with Crippen LogP contribution < -0.4 is 10.5 Å². The second-order valence-corrected chi connectivity index (χ2v) is 4.15. The summed E-state index contributed by atoms with van der Waals surface area (Å²) in [5, 5.41) is 0. The third-order valence-electron chi connectivity index (χ3n) is 2.58. The Labute approximate surface area is 101 Å². The van der Waals surface area contributed by atoms with E-state index in [1.165, 1.54) is 5.56 Å². The molecule has 0 saturated carbocycles. The van der Waals surface area contributed by atoms with Crippen molar-refractivity contribution in [2.24, 2.45) is 0 Å². The van der Waals surface area contributed by atoms with Gasteiger partial charge in [-0.05, 0) is 48.7 Å². The molecular weight excluding hydrogens is 212 g/mol. The van der Waals surface area contributed by atoms with E-state index in [9.17, 15) is 0 Å². The van der Waals surface area contributed by atoms with Gasteiger partial charge >= 0.3 is 0 Å². The van der Waals surface area contributed by atoms with Gasteiger partial charge in [-0.1, -0.05) is 12.1 Å². The number of hydrogen-bond acceptors (Lipinski definition) is 3. The van der Waals surface area contributed by atoms with E-state index in [0.29, 0.717) is 12.4 Å². The van der Waals surface area contributed by atoms with Crippen molar-refractivity contribution >= 4 is 5.82 Å². The molecule has 0 bridgehead atoms. The van der Waals surface area contributed by atoms with Gasteiger partial charge in [-0.2, -0.15) is 0 Å². The smallest absolute Gasteiger partial charge is 0.123 e. The van der Waals surface area contributed by atoms with Gasteiger partial charge in [0.05, 0.1) is 0 Å². The Morgan fingerprint density at radius 1 is 1.18 bits per heavy atom. The molecule has 0 saturated heterocycles. The first-order valence-electron chi connectivity index (χ1n) is 5.55. The van der Waals surface area contributed by atoms with Crippen LogP contribution in [0.1, 0.15) is 16.7 Å². The Morgan fingerprint density at radius 2 is 2.00 bits per heavy atom. The third kappa shape index (κ3) is 2.97. The zero-order valence-corrected chi connectivity index (χ0v) is 10.1. The quantitative estimate of drug-likeness (QED) is 0.878. The molecule has 0 fully saturated rings. The Morgan fingerprint density at radius 3 is 2.76 bits per heavy atom. The highest BCUT2D eigenvalue weighted by atomic mass is 16.5. The van der Waals surface area contributed by atoms with E-state index in [-0.39, 0.29) is 0 Å². The van der Waals surface area contributed by atoms with Crippen LogP contribution in [0.4, 0.5) is 5.82 Å². The van der Waals surface area contributed by atoms with E-state index in [2.05, 4.69) is 24.0 Å². The van der Waals surface area contributed by atoms with Gasteiger partial charge in [0.1, 0.15) is 18.2 Å². The molecular formula is C14H16N2O. The highest BCUT2D eigenvalue weighted by Gasteiger charge is 2.01. The van der Waals surface area contributed by atoms with Crippen molar-refractivity contribution in [1.29, 1.82) is 0 Å². The van der Waals surface area contributed by atoms with Gasteiger partial charge in [-0.25, -0.2) is 4.98 Å². The van der Waals surface area contributed by atoms with Gasteiger partial charge in [0, 0.05) is 6.20 Å². The van der Waals surface area contributed by atoms with E-state index in [1.807, 2.05) is 25.1 Å². The molecule has 88 valence electrons. The normalized spacial score (nSPS) is 10.2. The molecule has 17 heavy (non-hydrogen) atoms. The fourth-order valence-electron chi connectivity index (χ4n) is 1.61. The Hall–Kier alpha value is -2.03. The lowest BCUT2D eigenvalue weighted by molar-refractivity contribution is 0.304. The predicted octanol–water partition coefficient (Wildman–Crippen LogP) is 2.86. The summed E-state index contributed by atoms with van der Waals surface area (Å²) >= 11 is 0. The second-order valence-electron chi connectivity index (χ2n) is 4.15. The Kier molecular flexibility index (Phi) is 3.28. The van der Waals surface area contributed by atoms with Crippen molar-refractivity contribution in [3.05, 3.63) is 53.2 Å². The summed E-state index contributed by atoms with van der Waals surface area (Å²) in [6.45, 7) is 4.60. The van der Waals surface area contributed by atoms with Crippen molar-refractivity contribution in [3.8, 4) is 5.75 Å². The van der Waals surface area contributed by atoms with E-state index < -0.39 is 0 Å². The molecule has 0 aliphatic rings. The lowest BCUT2D eigenvalue weighted by atomic mass is 10.1. The fraction of sp³-hybridized carbons (Fsp3) is 0.214.